The number of aromatic nitrogens is 2. The van der Waals surface area contributed by atoms with Crippen molar-refractivity contribution in [1.82, 2.24) is 15.3 Å². The number of carbonyl (C=O) groups excluding carboxylic acids is 1. The summed E-state index contributed by atoms with van der Waals surface area (Å²) in [5.74, 6) is -0.00668. The van der Waals surface area contributed by atoms with Gasteiger partial charge in [-0.2, -0.15) is 0 Å². The van der Waals surface area contributed by atoms with Gasteiger partial charge >= 0.3 is 6.01 Å². The maximum atomic E-state index is 11.9. The second-order valence-corrected chi connectivity index (χ2v) is 4.87. The van der Waals surface area contributed by atoms with Crippen LogP contribution in [0.25, 0.3) is 0 Å². The predicted molar refractivity (Wildman–Crippen MR) is 84.7 cm³/mol. The highest BCUT2D eigenvalue weighted by atomic mass is 16.5. The Kier molecular flexibility index (Phi) is 5.85. The molecule has 1 heterocycles. The molecule has 22 heavy (non-hydrogen) atoms. The number of rotatable bonds is 7. The smallest absolute Gasteiger partial charge is 0.316 e. The van der Waals surface area contributed by atoms with Gasteiger partial charge in [0.05, 0.1) is 7.11 Å². The van der Waals surface area contributed by atoms with Crippen LogP contribution in [0, 0.1) is 6.92 Å². The van der Waals surface area contributed by atoms with Gasteiger partial charge in [-0.1, -0.05) is 18.2 Å². The molecular formula is C16H20N4O2. The lowest BCUT2D eigenvalue weighted by Crippen LogP contribution is -2.21. The Morgan fingerprint density at radius 2 is 1.95 bits per heavy atom. The lowest BCUT2D eigenvalue weighted by atomic mass is 10.2. The predicted octanol–water partition coefficient (Wildman–Crippen LogP) is 1.91. The number of nitrogens with zero attached hydrogens (tertiary/aromatic N) is 2. The summed E-state index contributed by atoms with van der Waals surface area (Å²) in [7, 11) is 1.53. The van der Waals surface area contributed by atoms with Gasteiger partial charge in [-0.25, -0.2) is 9.97 Å². The molecule has 1 aromatic carbocycles. The average Bonchev–Trinajstić information content (AvgIpc) is 2.54. The maximum absolute atomic E-state index is 11.9. The van der Waals surface area contributed by atoms with Gasteiger partial charge in [0.1, 0.15) is 0 Å². The Balaban J connectivity index is 1.69. The van der Waals surface area contributed by atoms with Crippen molar-refractivity contribution in [3.63, 3.8) is 0 Å². The third-order valence-corrected chi connectivity index (χ3v) is 3.14. The van der Waals surface area contributed by atoms with E-state index in [4.69, 9.17) is 4.74 Å². The first-order valence-electron chi connectivity index (χ1n) is 7.10. The van der Waals surface area contributed by atoms with Crippen molar-refractivity contribution in [3.05, 3.63) is 47.8 Å². The van der Waals surface area contributed by atoms with Crippen LogP contribution in [0.1, 0.15) is 17.5 Å². The fourth-order valence-electron chi connectivity index (χ4n) is 1.90. The van der Waals surface area contributed by atoms with E-state index < -0.39 is 0 Å². The summed E-state index contributed by atoms with van der Waals surface area (Å²) in [6.45, 7) is 3.17. The Morgan fingerprint density at radius 1 is 1.23 bits per heavy atom. The molecule has 0 fully saturated rings. The number of nitrogens with one attached hydrogen (secondary N) is 2. The van der Waals surface area contributed by atoms with Gasteiger partial charge in [0, 0.05) is 43.2 Å². The van der Waals surface area contributed by atoms with E-state index in [2.05, 4.69) is 20.6 Å². The van der Waals surface area contributed by atoms with Gasteiger partial charge in [0.2, 0.25) is 5.91 Å². The van der Waals surface area contributed by atoms with Crippen LogP contribution in [-0.2, 0) is 11.3 Å². The van der Waals surface area contributed by atoms with E-state index in [9.17, 15) is 4.79 Å². The molecule has 0 unspecified atom stereocenters. The summed E-state index contributed by atoms with van der Waals surface area (Å²) < 4.78 is 4.90. The van der Waals surface area contributed by atoms with Crippen molar-refractivity contribution in [3.8, 4) is 6.01 Å². The van der Waals surface area contributed by atoms with Gasteiger partial charge in [-0.3, -0.25) is 4.79 Å². The molecule has 0 saturated heterocycles. The average molecular weight is 300 g/mol. The van der Waals surface area contributed by atoms with E-state index in [0.29, 0.717) is 25.5 Å². The molecule has 1 aromatic heterocycles. The van der Waals surface area contributed by atoms with Gasteiger partial charge in [-0.15, -0.1) is 0 Å². The van der Waals surface area contributed by atoms with Crippen LogP contribution in [0.3, 0.4) is 0 Å². The Morgan fingerprint density at radius 3 is 2.64 bits per heavy atom. The molecule has 6 nitrogen and oxygen atoms in total. The zero-order valence-corrected chi connectivity index (χ0v) is 12.8. The molecule has 0 aliphatic rings. The van der Waals surface area contributed by atoms with Crippen molar-refractivity contribution in [2.24, 2.45) is 0 Å². The van der Waals surface area contributed by atoms with Crippen molar-refractivity contribution in [1.29, 1.82) is 0 Å². The number of aryl methyl sites for hydroxylation is 1. The van der Waals surface area contributed by atoms with Crippen LogP contribution in [0.2, 0.25) is 0 Å². The number of anilines is 1. The van der Waals surface area contributed by atoms with Gasteiger partial charge in [-0.05, 0) is 18.6 Å². The van der Waals surface area contributed by atoms with Crippen LogP contribution >= 0.6 is 0 Å². The molecule has 2 aromatic rings. The number of amides is 1. The molecular weight excluding hydrogens is 280 g/mol. The van der Waals surface area contributed by atoms with E-state index in [1.807, 2.05) is 31.2 Å². The van der Waals surface area contributed by atoms with Crippen LogP contribution < -0.4 is 15.4 Å². The first kappa shape index (κ1) is 15.9. The lowest BCUT2D eigenvalue weighted by molar-refractivity contribution is -0.116. The minimum Gasteiger partial charge on any atom is -0.467 e. The quantitative estimate of drug-likeness (QED) is 0.764. The third kappa shape index (κ3) is 4.82. The topological polar surface area (TPSA) is 76.1 Å². The fraction of sp³-hybridized carbons (Fsp3) is 0.312. The Labute approximate surface area is 129 Å². The molecule has 116 valence electrons. The van der Waals surface area contributed by atoms with Crippen molar-refractivity contribution in [2.45, 2.75) is 19.9 Å². The van der Waals surface area contributed by atoms with E-state index >= 15 is 0 Å². The zero-order chi connectivity index (χ0) is 15.8. The van der Waals surface area contributed by atoms with Gasteiger partial charge < -0.3 is 15.4 Å². The number of hydrogen-bond donors (Lipinski definition) is 2. The van der Waals surface area contributed by atoms with Gasteiger partial charge in [0.15, 0.2) is 0 Å². The van der Waals surface area contributed by atoms with Crippen molar-refractivity contribution >= 4 is 11.6 Å². The molecule has 0 aliphatic carbocycles. The monoisotopic (exact) mass is 300 g/mol. The SMILES string of the molecule is COc1ncc(CNCCC(=O)Nc2ccccc2C)cn1. The molecule has 2 N–H and O–H groups in total. The number of para-hydroxylation sites is 1. The fourth-order valence-corrected chi connectivity index (χ4v) is 1.90. The highest BCUT2D eigenvalue weighted by molar-refractivity contribution is 5.91. The summed E-state index contributed by atoms with van der Waals surface area (Å²) in [4.78, 5) is 19.9. The van der Waals surface area contributed by atoms with E-state index in [0.717, 1.165) is 16.8 Å². The Bertz CT molecular complexity index is 614. The van der Waals surface area contributed by atoms with Crippen molar-refractivity contribution < 1.29 is 9.53 Å². The largest absolute Gasteiger partial charge is 0.467 e. The highest BCUT2D eigenvalue weighted by Gasteiger charge is 2.04. The standard InChI is InChI=1S/C16H20N4O2/c1-12-5-3-4-6-14(12)20-15(21)7-8-17-9-13-10-18-16(22-2)19-11-13/h3-6,10-11,17H,7-9H2,1-2H3,(H,20,21). The number of methoxy groups -OCH3 is 1. The van der Waals surface area contributed by atoms with E-state index in [1.165, 1.54) is 7.11 Å². The molecule has 1 amide bonds. The number of benzene rings is 1. The first-order valence-corrected chi connectivity index (χ1v) is 7.10. The number of hydrogen-bond acceptors (Lipinski definition) is 5. The molecule has 6 heteroatoms. The summed E-state index contributed by atoms with van der Waals surface area (Å²) in [5.41, 5.74) is 2.86. The highest BCUT2D eigenvalue weighted by Crippen LogP contribution is 2.13. The summed E-state index contributed by atoms with van der Waals surface area (Å²) >= 11 is 0. The van der Waals surface area contributed by atoms with Crippen LogP contribution in [0.5, 0.6) is 6.01 Å². The minimum absolute atomic E-state index is 0.00668. The Hall–Kier alpha value is -2.47. The van der Waals surface area contributed by atoms with Crippen LogP contribution in [0.15, 0.2) is 36.7 Å². The molecule has 0 aliphatic heterocycles. The summed E-state index contributed by atoms with van der Waals surface area (Å²) in [6, 6.07) is 8.07. The number of carbonyl (C=O) groups is 1. The first-order chi connectivity index (χ1) is 10.7. The lowest BCUT2D eigenvalue weighted by Gasteiger charge is -2.08. The minimum atomic E-state index is -0.00668. The number of ether oxygens (including phenoxy) is 1. The maximum Gasteiger partial charge on any atom is 0.316 e. The molecule has 0 spiro atoms. The van der Waals surface area contributed by atoms with E-state index in [-0.39, 0.29) is 5.91 Å². The summed E-state index contributed by atoms with van der Waals surface area (Å²) in [6.07, 6.45) is 3.81. The third-order valence-electron chi connectivity index (χ3n) is 3.14. The molecule has 0 radical (unpaired) electrons. The van der Waals surface area contributed by atoms with Gasteiger partial charge in [0.25, 0.3) is 0 Å². The molecule has 0 saturated carbocycles. The van der Waals surface area contributed by atoms with E-state index in [1.54, 1.807) is 12.4 Å². The zero-order valence-electron chi connectivity index (χ0n) is 12.8. The van der Waals surface area contributed by atoms with Crippen LogP contribution in [-0.4, -0.2) is 29.5 Å². The molecule has 0 bridgehead atoms. The van der Waals surface area contributed by atoms with Crippen LogP contribution in [0.4, 0.5) is 5.69 Å². The van der Waals surface area contributed by atoms with Crippen molar-refractivity contribution in [2.75, 3.05) is 19.0 Å². The second-order valence-electron chi connectivity index (χ2n) is 4.87. The molecule has 0 atom stereocenters. The normalized spacial score (nSPS) is 10.3. The summed E-state index contributed by atoms with van der Waals surface area (Å²) in [5, 5.41) is 6.09. The molecule has 2 rings (SSSR count). The second kappa shape index (κ2) is 8.09.